The van der Waals surface area contributed by atoms with Gasteiger partial charge in [0.05, 0.1) is 24.5 Å². The first kappa shape index (κ1) is 13.4. The van der Waals surface area contributed by atoms with Gasteiger partial charge in [0.15, 0.2) is 0 Å². The van der Waals surface area contributed by atoms with Crippen molar-refractivity contribution in [2.75, 3.05) is 18.5 Å². The Bertz CT molecular complexity index is 475. The third-order valence-corrected chi connectivity index (χ3v) is 4.32. The molecule has 1 aliphatic heterocycles. The minimum absolute atomic E-state index is 0.0472. The molecule has 3 unspecified atom stereocenters. The number of nitrogens with zero attached hydrogens (tertiary/aromatic N) is 1. The van der Waals surface area contributed by atoms with Crippen LogP contribution in [0.1, 0.15) is 26.2 Å². The van der Waals surface area contributed by atoms with Crippen LogP contribution in [-0.2, 0) is 4.79 Å². The lowest BCUT2D eigenvalue weighted by molar-refractivity contribution is -0.118. The lowest BCUT2D eigenvalue weighted by atomic mass is 9.93. The zero-order chi connectivity index (χ0) is 13.9. The number of amides is 1. The van der Waals surface area contributed by atoms with E-state index >= 15 is 0 Å². The average Bonchev–Trinajstić information content (AvgIpc) is 3.03. The second-order valence-electron chi connectivity index (χ2n) is 5.55. The Labute approximate surface area is 119 Å². The quantitative estimate of drug-likeness (QED) is 0.879. The van der Waals surface area contributed by atoms with Crippen LogP contribution in [0, 0.1) is 11.8 Å². The fraction of sp³-hybridized carbons (Fsp3) is 0.600. The van der Waals surface area contributed by atoms with E-state index in [-0.39, 0.29) is 11.9 Å². The molecule has 2 heterocycles. The van der Waals surface area contributed by atoms with E-state index in [0.717, 1.165) is 18.7 Å². The molecule has 3 rings (SSSR count). The van der Waals surface area contributed by atoms with Gasteiger partial charge in [0.1, 0.15) is 0 Å². The number of aromatic nitrogens is 1. The van der Waals surface area contributed by atoms with Crippen molar-refractivity contribution in [3.63, 3.8) is 0 Å². The molecule has 1 saturated carbocycles. The summed E-state index contributed by atoms with van der Waals surface area (Å²) in [4.78, 5) is 16.5. The van der Waals surface area contributed by atoms with E-state index in [9.17, 15) is 4.79 Å². The molecular weight excluding hydrogens is 254 g/mol. The van der Waals surface area contributed by atoms with Crippen LogP contribution in [0.5, 0.6) is 5.88 Å². The molecule has 1 aromatic heterocycles. The Morgan fingerprint density at radius 3 is 3.15 bits per heavy atom. The van der Waals surface area contributed by atoms with E-state index in [0.29, 0.717) is 24.3 Å². The third kappa shape index (κ3) is 2.63. The van der Waals surface area contributed by atoms with Crippen molar-refractivity contribution in [1.82, 2.24) is 10.3 Å². The maximum Gasteiger partial charge on any atom is 0.241 e. The summed E-state index contributed by atoms with van der Waals surface area (Å²) in [5.41, 5.74) is 0.724. The summed E-state index contributed by atoms with van der Waals surface area (Å²) in [5.74, 6) is 1.83. The first-order valence-electron chi connectivity index (χ1n) is 7.41. The zero-order valence-corrected chi connectivity index (χ0v) is 11.8. The average molecular weight is 275 g/mol. The fourth-order valence-electron chi connectivity index (χ4n) is 3.38. The summed E-state index contributed by atoms with van der Waals surface area (Å²) >= 11 is 0. The molecular formula is C15H21N3O2. The van der Waals surface area contributed by atoms with Gasteiger partial charge in [0, 0.05) is 6.07 Å². The highest BCUT2D eigenvalue weighted by Gasteiger charge is 2.42. The van der Waals surface area contributed by atoms with Crippen LogP contribution in [0.25, 0.3) is 0 Å². The summed E-state index contributed by atoms with van der Waals surface area (Å²) in [7, 11) is 0. The molecule has 0 spiro atoms. The Kier molecular flexibility index (Phi) is 3.87. The smallest absolute Gasteiger partial charge is 0.241 e. The number of hydrogen-bond acceptors (Lipinski definition) is 4. The topological polar surface area (TPSA) is 63.2 Å². The summed E-state index contributed by atoms with van der Waals surface area (Å²) in [6, 6.07) is 3.56. The highest BCUT2D eigenvalue weighted by Crippen LogP contribution is 2.37. The lowest BCUT2D eigenvalue weighted by Gasteiger charge is -2.17. The highest BCUT2D eigenvalue weighted by molar-refractivity contribution is 5.95. The number of anilines is 1. The summed E-state index contributed by atoms with van der Waals surface area (Å²) in [5, 5.41) is 6.30. The Morgan fingerprint density at radius 1 is 1.50 bits per heavy atom. The molecule has 1 saturated heterocycles. The molecule has 3 atom stereocenters. The maximum absolute atomic E-state index is 12.3. The number of pyridine rings is 1. The van der Waals surface area contributed by atoms with Gasteiger partial charge >= 0.3 is 0 Å². The summed E-state index contributed by atoms with van der Waals surface area (Å²) < 4.78 is 5.29. The van der Waals surface area contributed by atoms with Crippen LogP contribution in [0.3, 0.4) is 0 Å². The zero-order valence-electron chi connectivity index (χ0n) is 11.8. The highest BCUT2D eigenvalue weighted by atomic mass is 16.5. The van der Waals surface area contributed by atoms with Gasteiger partial charge in [0.25, 0.3) is 0 Å². The van der Waals surface area contributed by atoms with Crippen LogP contribution in [-0.4, -0.2) is 30.1 Å². The van der Waals surface area contributed by atoms with E-state index in [4.69, 9.17) is 4.74 Å². The van der Waals surface area contributed by atoms with Crippen molar-refractivity contribution < 1.29 is 9.53 Å². The predicted octanol–water partition coefficient (Wildman–Crippen LogP) is 1.81. The van der Waals surface area contributed by atoms with E-state index in [2.05, 4.69) is 15.6 Å². The van der Waals surface area contributed by atoms with Crippen molar-refractivity contribution in [3.05, 3.63) is 18.3 Å². The second-order valence-corrected chi connectivity index (χ2v) is 5.55. The van der Waals surface area contributed by atoms with E-state index in [1.54, 1.807) is 12.3 Å². The number of fused-ring (bicyclic) bond motifs is 1. The first-order chi connectivity index (χ1) is 9.78. The lowest BCUT2D eigenvalue weighted by Crippen LogP contribution is -2.39. The molecule has 2 fully saturated rings. The number of hydrogen-bond donors (Lipinski definition) is 2. The van der Waals surface area contributed by atoms with Gasteiger partial charge in [-0.1, -0.05) is 6.42 Å². The monoisotopic (exact) mass is 275 g/mol. The molecule has 2 aliphatic rings. The van der Waals surface area contributed by atoms with Gasteiger partial charge in [-0.3, -0.25) is 4.79 Å². The van der Waals surface area contributed by atoms with Gasteiger partial charge in [-0.05, 0) is 44.2 Å². The molecule has 0 aromatic carbocycles. The van der Waals surface area contributed by atoms with Crippen molar-refractivity contribution in [2.45, 2.75) is 32.2 Å². The SMILES string of the molecule is CCOc1ccc(NC(=O)C2NCC3CCCC32)cn1. The van der Waals surface area contributed by atoms with E-state index < -0.39 is 0 Å². The summed E-state index contributed by atoms with van der Waals surface area (Å²) in [6.07, 6.45) is 5.32. The van der Waals surface area contributed by atoms with Crippen molar-refractivity contribution >= 4 is 11.6 Å². The molecule has 20 heavy (non-hydrogen) atoms. The van der Waals surface area contributed by atoms with Gasteiger partial charge in [-0.2, -0.15) is 0 Å². The minimum atomic E-state index is -0.0472. The Hall–Kier alpha value is -1.62. The van der Waals surface area contributed by atoms with Crippen LogP contribution < -0.4 is 15.4 Å². The molecule has 1 aromatic rings. The number of carbonyl (C=O) groups is 1. The van der Waals surface area contributed by atoms with Gasteiger partial charge in [0.2, 0.25) is 11.8 Å². The second kappa shape index (κ2) is 5.79. The third-order valence-electron chi connectivity index (χ3n) is 4.32. The molecule has 1 aliphatic carbocycles. The largest absolute Gasteiger partial charge is 0.478 e. The normalized spacial score (nSPS) is 28.1. The number of ether oxygens (including phenoxy) is 1. The van der Waals surface area contributed by atoms with Crippen LogP contribution in [0.4, 0.5) is 5.69 Å². The van der Waals surface area contributed by atoms with E-state index in [1.165, 1.54) is 12.8 Å². The number of rotatable bonds is 4. The summed E-state index contributed by atoms with van der Waals surface area (Å²) in [6.45, 7) is 3.49. The van der Waals surface area contributed by atoms with Crippen LogP contribution in [0.2, 0.25) is 0 Å². The molecule has 2 N–H and O–H groups in total. The van der Waals surface area contributed by atoms with Crippen LogP contribution >= 0.6 is 0 Å². The standard InChI is InChI=1S/C15H21N3O2/c1-2-20-13-7-6-11(9-16-13)18-15(19)14-12-5-3-4-10(12)8-17-14/h6-7,9-10,12,14,17H,2-5,8H2,1H3,(H,18,19). The predicted molar refractivity (Wildman–Crippen MR) is 76.7 cm³/mol. The number of nitrogens with one attached hydrogen (secondary N) is 2. The molecule has 5 nitrogen and oxygen atoms in total. The minimum Gasteiger partial charge on any atom is -0.478 e. The van der Waals surface area contributed by atoms with Crippen molar-refractivity contribution in [1.29, 1.82) is 0 Å². The first-order valence-corrected chi connectivity index (χ1v) is 7.41. The van der Waals surface area contributed by atoms with Crippen molar-refractivity contribution in [3.8, 4) is 5.88 Å². The van der Waals surface area contributed by atoms with Gasteiger partial charge < -0.3 is 15.4 Å². The van der Waals surface area contributed by atoms with Crippen LogP contribution in [0.15, 0.2) is 18.3 Å². The molecule has 0 bridgehead atoms. The van der Waals surface area contributed by atoms with Gasteiger partial charge in [-0.25, -0.2) is 4.98 Å². The van der Waals surface area contributed by atoms with Gasteiger partial charge in [-0.15, -0.1) is 0 Å². The molecule has 0 radical (unpaired) electrons. The molecule has 5 heteroatoms. The fourth-order valence-corrected chi connectivity index (χ4v) is 3.38. The Balaban J connectivity index is 1.61. The van der Waals surface area contributed by atoms with E-state index in [1.807, 2.05) is 13.0 Å². The number of carbonyl (C=O) groups excluding carboxylic acids is 1. The molecule has 1 amide bonds. The van der Waals surface area contributed by atoms with Crippen molar-refractivity contribution in [2.24, 2.45) is 11.8 Å². The molecule has 108 valence electrons. The maximum atomic E-state index is 12.3. The Morgan fingerprint density at radius 2 is 2.40 bits per heavy atom.